The summed E-state index contributed by atoms with van der Waals surface area (Å²) >= 11 is 0. The number of aliphatic hydroxyl groups is 1. The van der Waals surface area contributed by atoms with Crippen molar-refractivity contribution in [2.24, 2.45) is 5.41 Å². The maximum Gasteiger partial charge on any atom is 0.220 e. The van der Waals surface area contributed by atoms with E-state index < -0.39 is 0 Å². The second-order valence-electron chi connectivity index (χ2n) is 3.70. The van der Waals surface area contributed by atoms with Crippen molar-refractivity contribution >= 4 is 5.91 Å². The van der Waals surface area contributed by atoms with Gasteiger partial charge in [-0.2, -0.15) is 0 Å². The molecule has 0 bridgehead atoms. The molecule has 1 unspecified atom stereocenters. The SMILES string of the molecule is O=C1CC2(CCC2)C(CO)N1. The normalized spacial score (nSPS) is 33.5. The summed E-state index contributed by atoms with van der Waals surface area (Å²) in [5.74, 6) is 0.115. The Balaban J connectivity index is 2.13. The highest BCUT2D eigenvalue weighted by molar-refractivity contribution is 5.80. The lowest BCUT2D eigenvalue weighted by Gasteiger charge is -2.41. The molecule has 2 N–H and O–H groups in total. The van der Waals surface area contributed by atoms with E-state index in [1.54, 1.807) is 0 Å². The van der Waals surface area contributed by atoms with Gasteiger partial charge in [0, 0.05) is 11.8 Å². The fourth-order valence-electron chi connectivity index (χ4n) is 2.24. The summed E-state index contributed by atoms with van der Waals surface area (Å²) in [7, 11) is 0. The van der Waals surface area contributed by atoms with Crippen LogP contribution in [0.3, 0.4) is 0 Å². The lowest BCUT2D eigenvalue weighted by atomic mass is 9.64. The van der Waals surface area contributed by atoms with Gasteiger partial charge in [0.05, 0.1) is 12.6 Å². The average molecular weight is 155 g/mol. The molecule has 11 heavy (non-hydrogen) atoms. The molecule has 1 aliphatic carbocycles. The number of nitrogens with one attached hydrogen (secondary N) is 1. The van der Waals surface area contributed by atoms with Crippen LogP contribution in [0.4, 0.5) is 0 Å². The maximum absolute atomic E-state index is 11.0. The van der Waals surface area contributed by atoms with Crippen LogP contribution in [0.2, 0.25) is 0 Å². The molecule has 62 valence electrons. The Kier molecular flexibility index (Phi) is 1.42. The Morgan fingerprint density at radius 2 is 2.36 bits per heavy atom. The van der Waals surface area contributed by atoms with E-state index in [1.807, 2.05) is 0 Å². The zero-order chi connectivity index (χ0) is 7.90. The van der Waals surface area contributed by atoms with E-state index >= 15 is 0 Å². The van der Waals surface area contributed by atoms with Crippen LogP contribution in [0.15, 0.2) is 0 Å². The summed E-state index contributed by atoms with van der Waals surface area (Å²) in [5, 5.41) is 11.8. The van der Waals surface area contributed by atoms with Crippen LogP contribution in [-0.2, 0) is 4.79 Å². The second kappa shape index (κ2) is 2.21. The molecule has 1 amide bonds. The van der Waals surface area contributed by atoms with Gasteiger partial charge in [-0.15, -0.1) is 0 Å². The second-order valence-corrected chi connectivity index (χ2v) is 3.70. The van der Waals surface area contributed by atoms with Gasteiger partial charge in [0.15, 0.2) is 0 Å². The van der Waals surface area contributed by atoms with E-state index in [4.69, 9.17) is 5.11 Å². The number of hydrogen-bond acceptors (Lipinski definition) is 2. The number of hydrogen-bond donors (Lipinski definition) is 2. The van der Waals surface area contributed by atoms with Crippen molar-refractivity contribution in [3.05, 3.63) is 0 Å². The molecule has 2 rings (SSSR count). The third-order valence-corrected chi connectivity index (χ3v) is 3.12. The summed E-state index contributed by atoms with van der Waals surface area (Å²) in [4.78, 5) is 11.0. The first-order chi connectivity index (χ1) is 5.27. The molecule has 1 saturated heterocycles. The van der Waals surface area contributed by atoms with E-state index in [1.165, 1.54) is 6.42 Å². The quantitative estimate of drug-likeness (QED) is 0.561. The predicted molar refractivity (Wildman–Crippen MR) is 39.9 cm³/mol. The minimum atomic E-state index is 0.0451. The van der Waals surface area contributed by atoms with Crippen molar-refractivity contribution in [2.45, 2.75) is 31.7 Å². The molecule has 3 heteroatoms. The van der Waals surface area contributed by atoms with E-state index in [-0.39, 0.29) is 24.0 Å². The highest BCUT2D eigenvalue weighted by atomic mass is 16.3. The molecule has 2 aliphatic rings. The van der Waals surface area contributed by atoms with Crippen LogP contribution in [0.25, 0.3) is 0 Å². The fraction of sp³-hybridized carbons (Fsp3) is 0.875. The van der Waals surface area contributed by atoms with Crippen molar-refractivity contribution in [1.82, 2.24) is 5.32 Å². The van der Waals surface area contributed by atoms with Gasteiger partial charge in [0.2, 0.25) is 5.91 Å². The topological polar surface area (TPSA) is 49.3 Å². The molecule has 1 aliphatic heterocycles. The Morgan fingerprint density at radius 3 is 2.73 bits per heavy atom. The molecule has 2 fully saturated rings. The van der Waals surface area contributed by atoms with E-state index in [2.05, 4.69) is 5.32 Å². The number of amides is 1. The molecule has 0 aromatic rings. The number of rotatable bonds is 1. The van der Waals surface area contributed by atoms with Crippen molar-refractivity contribution in [1.29, 1.82) is 0 Å². The minimum absolute atomic E-state index is 0.0451. The van der Waals surface area contributed by atoms with Crippen molar-refractivity contribution < 1.29 is 9.90 Å². The van der Waals surface area contributed by atoms with E-state index in [0.717, 1.165) is 12.8 Å². The molecule has 1 atom stereocenters. The highest BCUT2D eigenvalue weighted by Crippen LogP contribution is 2.49. The van der Waals surface area contributed by atoms with Gasteiger partial charge in [0.1, 0.15) is 0 Å². The van der Waals surface area contributed by atoms with Crippen LogP contribution in [0.5, 0.6) is 0 Å². The van der Waals surface area contributed by atoms with Crippen LogP contribution >= 0.6 is 0 Å². The van der Waals surface area contributed by atoms with Gasteiger partial charge in [-0.1, -0.05) is 6.42 Å². The van der Waals surface area contributed by atoms with Crippen molar-refractivity contribution in [3.8, 4) is 0 Å². The van der Waals surface area contributed by atoms with Gasteiger partial charge < -0.3 is 10.4 Å². The molecule has 1 saturated carbocycles. The Hall–Kier alpha value is -0.570. The Morgan fingerprint density at radius 1 is 1.64 bits per heavy atom. The molecule has 1 spiro atoms. The zero-order valence-corrected chi connectivity index (χ0v) is 6.47. The van der Waals surface area contributed by atoms with Gasteiger partial charge in [-0.25, -0.2) is 0 Å². The summed E-state index contributed by atoms with van der Waals surface area (Å²) in [6.07, 6.45) is 4.07. The van der Waals surface area contributed by atoms with E-state index in [9.17, 15) is 4.79 Å². The number of carbonyl (C=O) groups excluding carboxylic acids is 1. The standard InChI is InChI=1S/C8H13NO2/c10-5-6-8(2-1-3-8)4-7(11)9-6/h6,10H,1-5H2,(H,9,11). The van der Waals surface area contributed by atoms with Crippen LogP contribution in [0.1, 0.15) is 25.7 Å². The minimum Gasteiger partial charge on any atom is -0.394 e. The molecule has 0 aromatic carbocycles. The van der Waals surface area contributed by atoms with Crippen LogP contribution in [-0.4, -0.2) is 23.7 Å². The smallest absolute Gasteiger partial charge is 0.220 e. The predicted octanol–water partition coefficient (Wildman–Crippen LogP) is 0.0375. The average Bonchev–Trinajstić information content (AvgIpc) is 2.25. The van der Waals surface area contributed by atoms with Gasteiger partial charge >= 0.3 is 0 Å². The van der Waals surface area contributed by atoms with Crippen molar-refractivity contribution in [2.75, 3.05) is 6.61 Å². The van der Waals surface area contributed by atoms with Crippen LogP contribution < -0.4 is 5.32 Å². The maximum atomic E-state index is 11.0. The first-order valence-corrected chi connectivity index (χ1v) is 4.17. The number of carbonyl (C=O) groups is 1. The van der Waals surface area contributed by atoms with Crippen molar-refractivity contribution in [3.63, 3.8) is 0 Å². The molecule has 3 nitrogen and oxygen atoms in total. The fourth-order valence-corrected chi connectivity index (χ4v) is 2.24. The largest absolute Gasteiger partial charge is 0.394 e. The molecule has 0 radical (unpaired) electrons. The van der Waals surface area contributed by atoms with Gasteiger partial charge in [0.25, 0.3) is 0 Å². The van der Waals surface area contributed by atoms with Crippen LogP contribution in [0, 0.1) is 5.41 Å². The molecule has 0 aromatic heterocycles. The first kappa shape index (κ1) is 7.10. The summed E-state index contributed by atoms with van der Waals surface area (Å²) in [6.45, 7) is 0.103. The third-order valence-electron chi connectivity index (χ3n) is 3.12. The van der Waals surface area contributed by atoms with Gasteiger partial charge in [-0.05, 0) is 12.8 Å². The molecular weight excluding hydrogens is 142 g/mol. The number of aliphatic hydroxyl groups excluding tert-OH is 1. The zero-order valence-electron chi connectivity index (χ0n) is 6.47. The lowest BCUT2D eigenvalue weighted by Crippen LogP contribution is -2.44. The third kappa shape index (κ3) is 0.872. The van der Waals surface area contributed by atoms with Gasteiger partial charge in [-0.3, -0.25) is 4.79 Å². The van der Waals surface area contributed by atoms with E-state index in [0.29, 0.717) is 6.42 Å². The molecular formula is C8H13NO2. The Bertz CT molecular complexity index is 187. The molecule has 1 heterocycles. The summed E-state index contributed by atoms with van der Waals surface area (Å²) < 4.78 is 0. The summed E-state index contributed by atoms with van der Waals surface area (Å²) in [5.41, 5.74) is 0.145. The monoisotopic (exact) mass is 155 g/mol. The first-order valence-electron chi connectivity index (χ1n) is 4.17. The lowest BCUT2D eigenvalue weighted by molar-refractivity contribution is -0.120. The highest BCUT2D eigenvalue weighted by Gasteiger charge is 2.50. The Labute approximate surface area is 65.8 Å². The summed E-state index contributed by atoms with van der Waals surface area (Å²) in [6, 6.07) is 0.0451.